The fourth-order valence-electron chi connectivity index (χ4n) is 2.77. The highest BCUT2D eigenvalue weighted by molar-refractivity contribution is 14.0. The SMILES string of the molecule is COc1ccc(CCNC(=NCc2ccccc2)N(C)C)c(OC)c1OC.I. The number of methoxy groups -OCH3 is 3. The van der Waals surface area contributed by atoms with Crippen LogP contribution in [0.25, 0.3) is 0 Å². The van der Waals surface area contributed by atoms with Crippen LogP contribution >= 0.6 is 24.0 Å². The van der Waals surface area contributed by atoms with Gasteiger partial charge >= 0.3 is 0 Å². The molecule has 0 bridgehead atoms. The fraction of sp³-hybridized carbons (Fsp3) is 0.381. The minimum absolute atomic E-state index is 0. The first kappa shape index (κ1) is 23.9. The number of benzene rings is 2. The minimum atomic E-state index is 0. The summed E-state index contributed by atoms with van der Waals surface area (Å²) in [7, 11) is 8.83. The predicted molar refractivity (Wildman–Crippen MR) is 124 cm³/mol. The number of aliphatic imine (C=N–C) groups is 1. The Hall–Kier alpha value is -2.16. The molecule has 0 aliphatic carbocycles. The largest absolute Gasteiger partial charge is 0.493 e. The van der Waals surface area contributed by atoms with Crippen molar-refractivity contribution in [2.45, 2.75) is 13.0 Å². The molecule has 7 heteroatoms. The average molecular weight is 499 g/mol. The lowest BCUT2D eigenvalue weighted by atomic mass is 10.1. The van der Waals surface area contributed by atoms with E-state index < -0.39 is 0 Å². The Bertz CT molecular complexity index is 752. The lowest BCUT2D eigenvalue weighted by Crippen LogP contribution is -2.37. The molecule has 0 saturated carbocycles. The van der Waals surface area contributed by atoms with Gasteiger partial charge in [-0.3, -0.25) is 0 Å². The summed E-state index contributed by atoms with van der Waals surface area (Å²) >= 11 is 0. The molecule has 28 heavy (non-hydrogen) atoms. The van der Waals surface area contributed by atoms with Gasteiger partial charge in [-0.25, -0.2) is 4.99 Å². The molecule has 2 aromatic carbocycles. The molecule has 2 aromatic rings. The van der Waals surface area contributed by atoms with Crippen LogP contribution < -0.4 is 19.5 Å². The van der Waals surface area contributed by atoms with E-state index >= 15 is 0 Å². The summed E-state index contributed by atoms with van der Waals surface area (Å²) in [6.07, 6.45) is 0.766. The second-order valence-corrected chi connectivity index (χ2v) is 6.19. The predicted octanol–water partition coefficient (Wildman–Crippen LogP) is 3.58. The molecule has 0 aliphatic rings. The molecule has 1 N–H and O–H groups in total. The van der Waals surface area contributed by atoms with Crippen LogP contribution in [0.3, 0.4) is 0 Å². The summed E-state index contributed by atoms with van der Waals surface area (Å²) in [6, 6.07) is 14.1. The maximum atomic E-state index is 5.55. The van der Waals surface area contributed by atoms with Gasteiger partial charge in [0.05, 0.1) is 27.9 Å². The number of halogens is 1. The number of guanidine groups is 1. The van der Waals surface area contributed by atoms with Crippen molar-refractivity contribution in [2.24, 2.45) is 4.99 Å². The monoisotopic (exact) mass is 499 g/mol. The Labute approximate surface area is 184 Å². The van der Waals surface area contributed by atoms with E-state index in [1.807, 2.05) is 49.3 Å². The summed E-state index contributed by atoms with van der Waals surface area (Å²) in [6.45, 7) is 1.36. The molecular formula is C21H30IN3O3. The number of nitrogens with zero attached hydrogens (tertiary/aromatic N) is 2. The van der Waals surface area contributed by atoms with Crippen molar-refractivity contribution in [3.8, 4) is 17.2 Å². The van der Waals surface area contributed by atoms with Gasteiger partial charge in [-0.1, -0.05) is 36.4 Å². The first-order chi connectivity index (χ1) is 13.1. The number of rotatable bonds is 8. The third kappa shape index (κ3) is 6.47. The topological polar surface area (TPSA) is 55.3 Å². The van der Waals surface area contributed by atoms with Crippen molar-refractivity contribution in [1.82, 2.24) is 10.2 Å². The molecule has 0 unspecified atom stereocenters. The molecule has 154 valence electrons. The van der Waals surface area contributed by atoms with Crippen LogP contribution in [0.2, 0.25) is 0 Å². The minimum Gasteiger partial charge on any atom is -0.493 e. The van der Waals surface area contributed by atoms with Crippen LogP contribution in [0.1, 0.15) is 11.1 Å². The molecule has 0 aliphatic heterocycles. The quantitative estimate of drug-likeness (QED) is 0.342. The van der Waals surface area contributed by atoms with E-state index in [1.54, 1.807) is 21.3 Å². The zero-order valence-electron chi connectivity index (χ0n) is 17.2. The van der Waals surface area contributed by atoms with Crippen molar-refractivity contribution in [3.63, 3.8) is 0 Å². The van der Waals surface area contributed by atoms with E-state index in [0.29, 0.717) is 23.8 Å². The molecule has 2 rings (SSSR count). The average Bonchev–Trinajstić information content (AvgIpc) is 2.70. The number of nitrogens with one attached hydrogen (secondary N) is 1. The lowest BCUT2D eigenvalue weighted by molar-refractivity contribution is 0.322. The highest BCUT2D eigenvalue weighted by atomic mass is 127. The summed E-state index contributed by atoms with van der Waals surface area (Å²) in [5.74, 6) is 2.82. The van der Waals surface area contributed by atoms with Gasteiger partial charge in [0, 0.05) is 26.2 Å². The van der Waals surface area contributed by atoms with Crippen LogP contribution in [0.5, 0.6) is 17.2 Å². The molecule has 0 atom stereocenters. The van der Waals surface area contributed by atoms with Gasteiger partial charge in [-0.2, -0.15) is 0 Å². The van der Waals surface area contributed by atoms with Gasteiger partial charge in [0.15, 0.2) is 17.5 Å². The van der Waals surface area contributed by atoms with E-state index in [-0.39, 0.29) is 24.0 Å². The zero-order chi connectivity index (χ0) is 19.6. The first-order valence-corrected chi connectivity index (χ1v) is 8.88. The fourth-order valence-corrected chi connectivity index (χ4v) is 2.77. The van der Waals surface area contributed by atoms with Gasteiger partial charge in [-0.05, 0) is 18.1 Å². The smallest absolute Gasteiger partial charge is 0.203 e. The molecule has 0 radical (unpaired) electrons. The Morgan fingerprint density at radius 2 is 1.61 bits per heavy atom. The normalized spacial score (nSPS) is 10.7. The Kier molecular flexibility index (Phi) is 10.5. The number of hydrogen-bond donors (Lipinski definition) is 1. The Balaban J connectivity index is 0.00000392. The van der Waals surface area contributed by atoms with E-state index in [4.69, 9.17) is 14.2 Å². The zero-order valence-corrected chi connectivity index (χ0v) is 19.5. The third-order valence-corrected chi connectivity index (χ3v) is 4.14. The van der Waals surface area contributed by atoms with Crippen LogP contribution in [0.4, 0.5) is 0 Å². The molecular weight excluding hydrogens is 469 g/mol. The Morgan fingerprint density at radius 1 is 0.929 bits per heavy atom. The molecule has 0 saturated heterocycles. The summed E-state index contributed by atoms with van der Waals surface area (Å²) in [4.78, 5) is 6.66. The molecule has 0 fully saturated rings. The lowest BCUT2D eigenvalue weighted by Gasteiger charge is -2.19. The summed E-state index contributed by atoms with van der Waals surface area (Å²) in [5, 5.41) is 3.40. The molecule has 0 aromatic heterocycles. The molecule has 0 heterocycles. The maximum absolute atomic E-state index is 5.55. The van der Waals surface area contributed by atoms with Crippen molar-refractivity contribution in [3.05, 3.63) is 53.6 Å². The number of ether oxygens (including phenoxy) is 3. The highest BCUT2D eigenvalue weighted by Crippen LogP contribution is 2.39. The molecule has 6 nitrogen and oxygen atoms in total. The van der Waals surface area contributed by atoms with E-state index in [2.05, 4.69) is 22.4 Å². The summed E-state index contributed by atoms with van der Waals surface area (Å²) < 4.78 is 16.3. The van der Waals surface area contributed by atoms with Gasteiger partial charge in [0.2, 0.25) is 5.75 Å². The van der Waals surface area contributed by atoms with Crippen LogP contribution in [-0.4, -0.2) is 52.8 Å². The second-order valence-electron chi connectivity index (χ2n) is 6.19. The van der Waals surface area contributed by atoms with E-state index in [9.17, 15) is 0 Å². The van der Waals surface area contributed by atoms with Crippen LogP contribution in [-0.2, 0) is 13.0 Å². The van der Waals surface area contributed by atoms with Crippen molar-refractivity contribution in [2.75, 3.05) is 42.0 Å². The van der Waals surface area contributed by atoms with Crippen LogP contribution in [0, 0.1) is 0 Å². The summed E-state index contributed by atoms with van der Waals surface area (Å²) in [5.41, 5.74) is 2.23. The molecule has 0 amide bonds. The molecule has 0 spiro atoms. The second kappa shape index (κ2) is 12.3. The van der Waals surface area contributed by atoms with Gasteiger partial charge < -0.3 is 24.4 Å². The third-order valence-electron chi connectivity index (χ3n) is 4.14. The van der Waals surface area contributed by atoms with Crippen molar-refractivity contribution in [1.29, 1.82) is 0 Å². The van der Waals surface area contributed by atoms with E-state index in [1.165, 1.54) is 5.56 Å². The van der Waals surface area contributed by atoms with Crippen LogP contribution in [0.15, 0.2) is 47.5 Å². The highest BCUT2D eigenvalue weighted by Gasteiger charge is 2.15. The van der Waals surface area contributed by atoms with Crippen molar-refractivity contribution >= 4 is 29.9 Å². The van der Waals surface area contributed by atoms with E-state index in [0.717, 1.165) is 24.5 Å². The van der Waals surface area contributed by atoms with Gasteiger partial charge in [-0.15, -0.1) is 24.0 Å². The van der Waals surface area contributed by atoms with Gasteiger partial charge in [0.1, 0.15) is 0 Å². The first-order valence-electron chi connectivity index (χ1n) is 8.88. The number of hydrogen-bond acceptors (Lipinski definition) is 4. The standard InChI is InChI=1S/C21H29N3O3.HI/c1-24(2)21(23-15-16-9-7-6-8-10-16)22-14-13-17-11-12-18(25-3)20(27-5)19(17)26-4;/h6-12H,13-15H2,1-5H3,(H,22,23);1H. The Morgan fingerprint density at radius 3 is 2.18 bits per heavy atom. The van der Waals surface area contributed by atoms with Crippen molar-refractivity contribution < 1.29 is 14.2 Å². The maximum Gasteiger partial charge on any atom is 0.203 e. The van der Waals surface area contributed by atoms with Gasteiger partial charge in [0.25, 0.3) is 0 Å².